The molecule has 0 aromatic heterocycles. The molecule has 0 aliphatic carbocycles. The van der Waals surface area contributed by atoms with Crippen molar-refractivity contribution in [3.63, 3.8) is 0 Å². The predicted octanol–water partition coefficient (Wildman–Crippen LogP) is 2.07. The summed E-state index contributed by atoms with van der Waals surface area (Å²) in [6.45, 7) is 5.66. The molecule has 134 valence electrons. The number of nitriles is 1. The van der Waals surface area contributed by atoms with Crippen molar-refractivity contribution in [1.82, 2.24) is 9.80 Å². The first kappa shape index (κ1) is 17.6. The fourth-order valence-electron chi connectivity index (χ4n) is 3.85. The Labute approximate surface area is 148 Å². The first-order valence-electron chi connectivity index (χ1n) is 8.94. The lowest BCUT2D eigenvalue weighted by Gasteiger charge is -2.40. The molecule has 0 saturated carbocycles. The number of nitro groups is 1. The molecule has 2 heterocycles. The van der Waals surface area contributed by atoms with Crippen LogP contribution >= 0.6 is 0 Å². The van der Waals surface area contributed by atoms with E-state index in [1.54, 1.807) is 12.1 Å². The molecule has 0 amide bonds. The second-order valence-electron chi connectivity index (χ2n) is 6.99. The molecule has 0 radical (unpaired) electrons. The maximum atomic E-state index is 11.3. The minimum absolute atomic E-state index is 0.0273. The Balaban J connectivity index is 1.62. The average molecular weight is 343 g/mol. The smallest absolute Gasteiger partial charge is 0.293 e. The molecule has 1 unspecified atom stereocenters. The average Bonchev–Trinajstić information content (AvgIpc) is 2.64. The maximum Gasteiger partial charge on any atom is 0.293 e. The molecule has 2 aliphatic rings. The highest BCUT2D eigenvalue weighted by molar-refractivity contribution is 5.65. The van der Waals surface area contributed by atoms with Gasteiger partial charge in [0.2, 0.25) is 0 Å². The van der Waals surface area contributed by atoms with Gasteiger partial charge in [0.15, 0.2) is 0 Å². The van der Waals surface area contributed by atoms with Gasteiger partial charge in [0.1, 0.15) is 5.69 Å². The number of nitro benzene ring substituents is 1. The second kappa shape index (κ2) is 7.81. The van der Waals surface area contributed by atoms with E-state index in [2.05, 4.69) is 21.7 Å². The molecule has 1 aromatic rings. The quantitative estimate of drug-likeness (QED) is 0.615. The number of anilines is 1. The Morgan fingerprint density at radius 1 is 1.24 bits per heavy atom. The van der Waals surface area contributed by atoms with E-state index in [0.29, 0.717) is 17.3 Å². The zero-order valence-corrected chi connectivity index (χ0v) is 14.7. The number of likely N-dealkylation sites (N-methyl/N-ethyl adjacent to an activating group) is 1. The Hall–Kier alpha value is -2.17. The van der Waals surface area contributed by atoms with Crippen LogP contribution in [0.15, 0.2) is 18.2 Å². The summed E-state index contributed by atoms with van der Waals surface area (Å²) in [5, 5.41) is 20.3. The zero-order valence-electron chi connectivity index (χ0n) is 14.7. The Kier molecular flexibility index (Phi) is 5.51. The summed E-state index contributed by atoms with van der Waals surface area (Å²) in [4.78, 5) is 18.0. The topological polar surface area (TPSA) is 76.6 Å². The van der Waals surface area contributed by atoms with Gasteiger partial charge in [-0.2, -0.15) is 5.26 Å². The van der Waals surface area contributed by atoms with E-state index < -0.39 is 0 Å². The van der Waals surface area contributed by atoms with Crippen LogP contribution in [0, 0.1) is 21.4 Å². The molecule has 2 aliphatic heterocycles. The lowest BCUT2D eigenvalue weighted by Crippen LogP contribution is -2.52. The van der Waals surface area contributed by atoms with Crippen molar-refractivity contribution in [2.24, 2.45) is 0 Å². The van der Waals surface area contributed by atoms with E-state index in [1.165, 1.54) is 31.9 Å². The van der Waals surface area contributed by atoms with Crippen molar-refractivity contribution in [3.8, 4) is 6.07 Å². The Morgan fingerprint density at radius 3 is 2.64 bits per heavy atom. The van der Waals surface area contributed by atoms with Gasteiger partial charge in [0.25, 0.3) is 5.69 Å². The molecular formula is C18H25N5O2. The summed E-state index contributed by atoms with van der Waals surface area (Å²) in [6.07, 6.45) is 3.87. The second-order valence-corrected chi connectivity index (χ2v) is 6.99. The number of piperazine rings is 1. The van der Waals surface area contributed by atoms with Gasteiger partial charge in [-0.05, 0) is 38.6 Å². The van der Waals surface area contributed by atoms with E-state index in [9.17, 15) is 10.1 Å². The van der Waals surface area contributed by atoms with E-state index in [-0.39, 0.29) is 10.6 Å². The SMILES string of the molecule is CN1CCCCC1CN1CCN(c2ccc(C#N)cc2[N+](=O)[O-])CC1. The number of rotatable bonds is 4. The van der Waals surface area contributed by atoms with Crippen LogP contribution in [-0.2, 0) is 0 Å². The van der Waals surface area contributed by atoms with Gasteiger partial charge >= 0.3 is 0 Å². The van der Waals surface area contributed by atoms with Gasteiger partial charge < -0.3 is 9.80 Å². The molecule has 0 bridgehead atoms. The lowest BCUT2D eigenvalue weighted by atomic mass is 10.0. The summed E-state index contributed by atoms with van der Waals surface area (Å²) in [6, 6.07) is 7.34. The highest BCUT2D eigenvalue weighted by Gasteiger charge is 2.27. The van der Waals surface area contributed by atoms with Crippen LogP contribution in [0.1, 0.15) is 24.8 Å². The number of benzene rings is 1. The van der Waals surface area contributed by atoms with Crippen LogP contribution in [0.5, 0.6) is 0 Å². The molecule has 2 fully saturated rings. The van der Waals surface area contributed by atoms with Gasteiger partial charge in [-0.15, -0.1) is 0 Å². The third-order valence-electron chi connectivity index (χ3n) is 5.40. The molecule has 2 saturated heterocycles. The van der Waals surface area contributed by atoms with Crippen molar-refractivity contribution in [2.75, 3.05) is 51.2 Å². The summed E-state index contributed by atoms with van der Waals surface area (Å²) in [7, 11) is 2.21. The number of nitrogens with zero attached hydrogens (tertiary/aromatic N) is 5. The summed E-state index contributed by atoms with van der Waals surface area (Å²) >= 11 is 0. The van der Waals surface area contributed by atoms with Crippen molar-refractivity contribution in [3.05, 3.63) is 33.9 Å². The maximum absolute atomic E-state index is 11.3. The van der Waals surface area contributed by atoms with Crippen molar-refractivity contribution in [2.45, 2.75) is 25.3 Å². The van der Waals surface area contributed by atoms with Gasteiger partial charge in [-0.3, -0.25) is 15.0 Å². The minimum Gasteiger partial charge on any atom is -0.363 e. The van der Waals surface area contributed by atoms with Gasteiger partial charge in [0, 0.05) is 44.8 Å². The summed E-state index contributed by atoms with van der Waals surface area (Å²) in [5.74, 6) is 0. The van der Waals surface area contributed by atoms with Gasteiger partial charge in [-0.25, -0.2) is 0 Å². The van der Waals surface area contributed by atoms with E-state index >= 15 is 0 Å². The largest absolute Gasteiger partial charge is 0.363 e. The molecule has 7 heteroatoms. The van der Waals surface area contributed by atoms with Gasteiger partial charge in [-0.1, -0.05) is 6.42 Å². The Morgan fingerprint density at radius 2 is 2.00 bits per heavy atom. The molecule has 3 rings (SSSR count). The van der Waals surface area contributed by atoms with E-state index in [0.717, 1.165) is 32.7 Å². The third kappa shape index (κ3) is 4.09. The monoisotopic (exact) mass is 343 g/mol. The molecule has 1 aromatic carbocycles. The molecule has 25 heavy (non-hydrogen) atoms. The lowest BCUT2D eigenvalue weighted by molar-refractivity contribution is -0.384. The van der Waals surface area contributed by atoms with Crippen molar-refractivity contribution in [1.29, 1.82) is 5.26 Å². The van der Waals surface area contributed by atoms with Crippen LogP contribution in [0.3, 0.4) is 0 Å². The van der Waals surface area contributed by atoms with Crippen LogP contribution in [0.2, 0.25) is 0 Å². The zero-order chi connectivity index (χ0) is 17.8. The van der Waals surface area contributed by atoms with Crippen LogP contribution in [0.25, 0.3) is 0 Å². The fourth-order valence-corrected chi connectivity index (χ4v) is 3.85. The number of hydrogen-bond acceptors (Lipinski definition) is 6. The van der Waals surface area contributed by atoms with Crippen LogP contribution in [-0.4, -0.2) is 67.1 Å². The van der Waals surface area contributed by atoms with Crippen molar-refractivity contribution < 1.29 is 4.92 Å². The third-order valence-corrected chi connectivity index (χ3v) is 5.40. The molecule has 0 N–H and O–H groups in total. The number of likely N-dealkylation sites (tertiary alicyclic amines) is 1. The summed E-state index contributed by atoms with van der Waals surface area (Å²) in [5.41, 5.74) is 0.979. The first-order valence-corrected chi connectivity index (χ1v) is 8.94. The van der Waals surface area contributed by atoms with E-state index in [1.807, 2.05) is 6.07 Å². The normalized spacial score (nSPS) is 22.6. The summed E-state index contributed by atoms with van der Waals surface area (Å²) < 4.78 is 0. The molecule has 1 atom stereocenters. The van der Waals surface area contributed by atoms with Crippen molar-refractivity contribution >= 4 is 11.4 Å². The fraction of sp³-hybridized carbons (Fsp3) is 0.611. The number of hydrogen-bond donors (Lipinski definition) is 0. The Bertz CT molecular complexity index is 664. The molecule has 7 nitrogen and oxygen atoms in total. The number of piperidine rings is 1. The van der Waals surface area contributed by atoms with Gasteiger partial charge in [0.05, 0.1) is 16.6 Å². The highest BCUT2D eigenvalue weighted by atomic mass is 16.6. The van der Waals surface area contributed by atoms with E-state index in [4.69, 9.17) is 5.26 Å². The highest BCUT2D eigenvalue weighted by Crippen LogP contribution is 2.30. The predicted molar refractivity (Wildman–Crippen MR) is 96.7 cm³/mol. The molecular weight excluding hydrogens is 318 g/mol. The van der Waals surface area contributed by atoms with Crippen LogP contribution in [0.4, 0.5) is 11.4 Å². The standard InChI is InChI=1S/C18H25N5O2/c1-20-7-3-2-4-16(20)14-21-8-10-22(11-9-21)17-6-5-15(13-19)12-18(17)23(24)25/h5-6,12,16H,2-4,7-11,14H2,1H3. The molecule has 0 spiro atoms. The first-order chi connectivity index (χ1) is 12.1. The minimum atomic E-state index is -0.389. The van der Waals surface area contributed by atoms with Crippen LogP contribution < -0.4 is 4.90 Å².